The maximum Gasteiger partial charge on any atom is 0.214 e. The van der Waals surface area contributed by atoms with Crippen molar-refractivity contribution in [3.8, 4) is 17.2 Å². The summed E-state index contributed by atoms with van der Waals surface area (Å²) >= 11 is 0. The molecule has 1 fully saturated rings. The van der Waals surface area contributed by atoms with Crippen LogP contribution < -0.4 is 35.5 Å². The highest BCUT2D eigenvalue weighted by molar-refractivity contribution is 5.98. The van der Waals surface area contributed by atoms with Gasteiger partial charge in [0.2, 0.25) is 5.89 Å². The summed E-state index contributed by atoms with van der Waals surface area (Å²) in [7, 11) is 11.5. The molecule has 4 N–H and O–H groups in total. The van der Waals surface area contributed by atoms with E-state index in [4.69, 9.17) is 35.1 Å². The number of benzene rings is 2. The lowest BCUT2D eigenvalue weighted by molar-refractivity contribution is 0.124. The summed E-state index contributed by atoms with van der Waals surface area (Å²) in [6.45, 7) is 4.30. The first-order chi connectivity index (χ1) is 21.1. The lowest BCUT2D eigenvalue weighted by Gasteiger charge is -2.45. The molecule has 0 amide bonds. The summed E-state index contributed by atoms with van der Waals surface area (Å²) in [6, 6.07) is 10.1. The molecule has 44 heavy (non-hydrogen) atoms. The Bertz CT molecular complexity index is 1440. The number of oxazole rings is 1. The van der Waals surface area contributed by atoms with Crippen molar-refractivity contribution in [2.24, 2.45) is 22.4 Å². The molecule has 3 aromatic rings. The van der Waals surface area contributed by atoms with E-state index in [1.165, 1.54) is 5.56 Å². The molecule has 2 aliphatic heterocycles. The predicted octanol–water partition coefficient (Wildman–Crippen LogP) is 3.06. The zero-order valence-electron chi connectivity index (χ0n) is 26.7. The van der Waals surface area contributed by atoms with Crippen molar-refractivity contribution < 1.29 is 18.6 Å². The maximum absolute atomic E-state index is 7.27. The Morgan fingerprint density at radius 1 is 1.02 bits per heavy atom. The molecule has 1 saturated heterocycles. The van der Waals surface area contributed by atoms with Crippen molar-refractivity contribution in [3.05, 3.63) is 59.8 Å². The van der Waals surface area contributed by atoms with Gasteiger partial charge in [0.1, 0.15) is 30.8 Å². The molecule has 12 heteroatoms. The van der Waals surface area contributed by atoms with Crippen LogP contribution in [-0.4, -0.2) is 89.4 Å². The average Bonchev–Trinajstić information content (AvgIpc) is 3.52. The van der Waals surface area contributed by atoms with Crippen LogP contribution in [0.4, 0.5) is 11.4 Å². The van der Waals surface area contributed by atoms with Crippen molar-refractivity contribution in [1.29, 1.82) is 0 Å². The maximum atomic E-state index is 7.27. The second kappa shape index (κ2) is 13.3. The highest BCUT2D eigenvalue weighted by Gasteiger charge is 2.45. The van der Waals surface area contributed by atoms with E-state index in [-0.39, 0.29) is 5.92 Å². The number of methoxy groups -OCH3 is 2. The van der Waals surface area contributed by atoms with Gasteiger partial charge >= 0.3 is 0 Å². The molecule has 0 bridgehead atoms. The Labute approximate surface area is 260 Å². The molecule has 2 aliphatic rings. The van der Waals surface area contributed by atoms with Crippen LogP contribution in [0.3, 0.4) is 0 Å². The number of likely N-dealkylation sites (N-methyl/N-ethyl adjacent to an activating group) is 1. The second-order valence-electron chi connectivity index (χ2n) is 11.9. The monoisotopic (exact) mass is 606 g/mol. The van der Waals surface area contributed by atoms with Gasteiger partial charge in [0, 0.05) is 56.0 Å². The molecule has 0 saturated carbocycles. The number of nitrogens with two attached hydrogens (primary N) is 2. The van der Waals surface area contributed by atoms with Crippen molar-refractivity contribution in [3.63, 3.8) is 0 Å². The lowest BCUT2D eigenvalue weighted by Crippen LogP contribution is -2.54. The third-order valence-corrected chi connectivity index (χ3v) is 8.55. The molecule has 1 aromatic heterocycles. The van der Waals surface area contributed by atoms with Gasteiger partial charge in [0.05, 0.1) is 26.1 Å². The number of nitrogens with zero attached hydrogens (tertiary/aromatic N) is 6. The molecule has 2 aromatic carbocycles. The van der Waals surface area contributed by atoms with Crippen LogP contribution in [0.5, 0.6) is 17.2 Å². The Morgan fingerprint density at radius 2 is 1.75 bits per heavy atom. The van der Waals surface area contributed by atoms with Crippen molar-refractivity contribution >= 4 is 17.3 Å². The van der Waals surface area contributed by atoms with Crippen LogP contribution in [0.25, 0.3) is 0 Å². The van der Waals surface area contributed by atoms with E-state index in [0.717, 1.165) is 61.7 Å². The highest BCUT2D eigenvalue weighted by atomic mass is 16.5. The first kappa shape index (κ1) is 31.4. The first-order valence-corrected chi connectivity index (χ1v) is 15.0. The fourth-order valence-corrected chi connectivity index (χ4v) is 6.15. The standard InChI is InChI=1S/C32H46N8O4/c1-37(2)15-17-43-27-9-7-8-25(38(3)4)23(27)20-39-13-10-22(11-14-39)32(34)24-18-28(41-5)29(42-6)19-26(24)40(31(33)36-32)21-30-35-12-16-44-30/h7-9,12,16,18-19,22H,10-11,13-15,17,20-21,34H2,1-6H3,(H2,33,36). The molecular weight excluding hydrogens is 560 g/mol. The fourth-order valence-electron chi connectivity index (χ4n) is 6.15. The Kier molecular flexibility index (Phi) is 9.52. The lowest BCUT2D eigenvalue weighted by atomic mass is 9.78. The Morgan fingerprint density at radius 3 is 2.39 bits per heavy atom. The van der Waals surface area contributed by atoms with E-state index in [0.29, 0.717) is 36.5 Å². The summed E-state index contributed by atoms with van der Waals surface area (Å²) in [5, 5.41) is 0. The normalized spacial score (nSPS) is 19.1. The smallest absolute Gasteiger partial charge is 0.214 e. The quantitative estimate of drug-likeness (QED) is 0.315. The molecule has 0 spiro atoms. The number of rotatable bonds is 12. The number of hydrogen-bond donors (Lipinski definition) is 2. The van der Waals surface area contributed by atoms with Gasteiger partial charge in [-0.1, -0.05) is 6.07 Å². The first-order valence-electron chi connectivity index (χ1n) is 15.0. The van der Waals surface area contributed by atoms with E-state index in [9.17, 15) is 0 Å². The van der Waals surface area contributed by atoms with Crippen LogP contribution in [0.15, 0.2) is 52.2 Å². The number of fused-ring (bicyclic) bond motifs is 1. The number of likely N-dealkylation sites (tertiary alicyclic amines) is 1. The number of aromatic nitrogens is 1. The number of anilines is 2. The van der Waals surface area contributed by atoms with E-state index in [1.807, 2.05) is 17.0 Å². The van der Waals surface area contributed by atoms with Crippen LogP contribution in [-0.2, 0) is 18.8 Å². The van der Waals surface area contributed by atoms with Gasteiger partial charge < -0.3 is 44.8 Å². The third-order valence-electron chi connectivity index (χ3n) is 8.55. The highest BCUT2D eigenvalue weighted by Crippen LogP contribution is 2.47. The predicted molar refractivity (Wildman–Crippen MR) is 173 cm³/mol. The summed E-state index contributed by atoms with van der Waals surface area (Å²) in [6.07, 6.45) is 4.85. The molecule has 1 unspecified atom stereocenters. The second-order valence-corrected chi connectivity index (χ2v) is 11.9. The number of hydrogen-bond acceptors (Lipinski definition) is 12. The van der Waals surface area contributed by atoms with Crippen LogP contribution in [0.2, 0.25) is 0 Å². The average molecular weight is 607 g/mol. The minimum atomic E-state index is -1.04. The molecular formula is C32H46N8O4. The SMILES string of the molecule is COc1cc2c(cc1OC)C(N)(C1CCN(Cc3c(OCCN(C)C)cccc3N(C)C)CC1)N=C(N)N2Cc1ncco1. The topological polar surface area (TPSA) is 131 Å². The summed E-state index contributed by atoms with van der Waals surface area (Å²) < 4.78 is 23.1. The van der Waals surface area contributed by atoms with Gasteiger partial charge in [0.25, 0.3) is 0 Å². The van der Waals surface area contributed by atoms with Crippen LogP contribution >= 0.6 is 0 Å². The van der Waals surface area contributed by atoms with Gasteiger partial charge in [-0.25, -0.2) is 9.98 Å². The molecule has 238 valence electrons. The van der Waals surface area contributed by atoms with Gasteiger partial charge in [-0.2, -0.15) is 0 Å². The number of piperidine rings is 1. The largest absolute Gasteiger partial charge is 0.493 e. The Balaban J connectivity index is 1.39. The molecule has 0 radical (unpaired) electrons. The van der Waals surface area contributed by atoms with E-state index in [1.54, 1.807) is 26.7 Å². The minimum Gasteiger partial charge on any atom is -0.493 e. The van der Waals surface area contributed by atoms with Crippen molar-refractivity contribution in [2.75, 3.05) is 78.5 Å². The van der Waals surface area contributed by atoms with Crippen molar-refractivity contribution in [1.82, 2.24) is 14.8 Å². The molecule has 12 nitrogen and oxygen atoms in total. The molecule has 3 heterocycles. The number of aliphatic imine (C=N–C) groups is 1. The van der Waals surface area contributed by atoms with E-state index < -0.39 is 5.66 Å². The van der Waals surface area contributed by atoms with Crippen molar-refractivity contribution in [2.45, 2.75) is 31.6 Å². The van der Waals surface area contributed by atoms with Gasteiger partial charge in [-0.15, -0.1) is 0 Å². The summed E-state index contributed by atoms with van der Waals surface area (Å²) in [5.41, 5.74) is 16.9. The molecule has 0 aliphatic carbocycles. The zero-order chi connectivity index (χ0) is 31.4. The molecule has 5 rings (SSSR count). The van der Waals surface area contributed by atoms with Gasteiger partial charge in [0.15, 0.2) is 17.5 Å². The van der Waals surface area contributed by atoms with Gasteiger partial charge in [-0.3, -0.25) is 4.90 Å². The summed E-state index contributed by atoms with van der Waals surface area (Å²) in [5.74, 6) is 2.99. The zero-order valence-corrected chi connectivity index (χ0v) is 26.7. The molecule has 1 atom stereocenters. The Hall–Kier alpha value is -4.00. The summed E-state index contributed by atoms with van der Waals surface area (Å²) in [4.78, 5) is 17.9. The van der Waals surface area contributed by atoms with E-state index >= 15 is 0 Å². The van der Waals surface area contributed by atoms with E-state index in [2.05, 4.69) is 66.1 Å². The van der Waals surface area contributed by atoms with Crippen LogP contribution in [0.1, 0.15) is 29.9 Å². The third kappa shape index (κ3) is 6.42. The van der Waals surface area contributed by atoms with Crippen LogP contribution in [0, 0.1) is 5.92 Å². The number of ether oxygens (including phenoxy) is 3. The number of guanidine groups is 1. The van der Waals surface area contributed by atoms with Gasteiger partial charge in [-0.05, 0) is 58.2 Å². The minimum absolute atomic E-state index is 0.0537. The fraction of sp³-hybridized carbons (Fsp3) is 0.500.